The molecular formula is C22H25ClN2O3. The van der Waals surface area contributed by atoms with E-state index in [0.29, 0.717) is 29.1 Å². The van der Waals surface area contributed by atoms with Crippen molar-refractivity contribution in [3.8, 4) is 0 Å². The minimum absolute atomic E-state index is 0.0979. The highest BCUT2D eigenvalue weighted by Crippen LogP contribution is 2.36. The molecule has 4 rings (SSSR count). The summed E-state index contributed by atoms with van der Waals surface area (Å²) in [4.78, 5) is 24.6. The van der Waals surface area contributed by atoms with E-state index in [9.17, 15) is 14.7 Å². The average Bonchev–Trinajstić information content (AvgIpc) is 3.07. The summed E-state index contributed by atoms with van der Waals surface area (Å²) in [6.45, 7) is 1.90. The lowest BCUT2D eigenvalue weighted by atomic mass is 9.85. The van der Waals surface area contributed by atoms with E-state index in [-0.39, 0.29) is 17.7 Å². The van der Waals surface area contributed by atoms with Crippen LogP contribution in [0.5, 0.6) is 0 Å². The summed E-state index contributed by atoms with van der Waals surface area (Å²) in [5, 5.41) is 14.5. The van der Waals surface area contributed by atoms with Crippen LogP contribution in [0.2, 0.25) is 5.02 Å². The van der Waals surface area contributed by atoms with Crippen LogP contribution in [0.1, 0.15) is 77.4 Å². The van der Waals surface area contributed by atoms with Gasteiger partial charge in [-0.1, -0.05) is 23.7 Å². The number of hydrogen-bond acceptors (Lipinski definition) is 3. The number of halogens is 1. The second kappa shape index (κ2) is 7.70. The van der Waals surface area contributed by atoms with Crippen LogP contribution in [-0.2, 0) is 17.6 Å². The zero-order valence-electron chi connectivity index (χ0n) is 16.1. The van der Waals surface area contributed by atoms with Crippen molar-refractivity contribution in [2.75, 3.05) is 0 Å². The van der Waals surface area contributed by atoms with Gasteiger partial charge < -0.3 is 5.11 Å². The molecule has 5 nitrogen and oxygen atoms in total. The highest BCUT2D eigenvalue weighted by molar-refractivity contribution is 6.35. The quantitative estimate of drug-likeness (QED) is 0.750. The number of fused-ring (bicyclic) bond motifs is 1. The van der Waals surface area contributed by atoms with Crippen LogP contribution in [0.15, 0.2) is 18.2 Å². The Kier molecular flexibility index (Phi) is 5.28. The third-order valence-electron chi connectivity index (χ3n) is 6.26. The lowest BCUT2D eigenvalue weighted by molar-refractivity contribution is -0.143. The van der Waals surface area contributed by atoms with Gasteiger partial charge in [0.15, 0.2) is 0 Å². The molecule has 0 unspecified atom stereocenters. The Morgan fingerprint density at radius 1 is 1.14 bits per heavy atom. The van der Waals surface area contributed by atoms with E-state index in [1.165, 1.54) is 0 Å². The van der Waals surface area contributed by atoms with Crippen molar-refractivity contribution in [3.05, 3.63) is 51.3 Å². The molecule has 1 aromatic heterocycles. The van der Waals surface area contributed by atoms with E-state index in [0.717, 1.165) is 55.3 Å². The molecule has 0 saturated heterocycles. The van der Waals surface area contributed by atoms with Crippen LogP contribution < -0.4 is 0 Å². The average molecular weight is 401 g/mol. The van der Waals surface area contributed by atoms with Gasteiger partial charge in [-0.25, -0.2) is 0 Å². The summed E-state index contributed by atoms with van der Waals surface area (Å²) >= 11 is 6.35. The fourth-order valence-electron chi connectivity index (χ4n) is 4.72. The number of carbonyl (C=O) groups excluding carboxylic acids is 1. The lowest BCUT2D eigenvalue weighted by Gasteiger charge is -2.28. The van der Waals surface area contributed by atoms with Crippen molar-refractivity contribution in [1.29, 1.82) is 0 Å². The minimum Gasteiger partial charge on any atom is -0.481 e. The molecule has 1 fully saturated rings. The number of carbonyl (C=O) groups is 2. The largest absolute Gasteiger partial charge is 0.481 e. The molecule has 6 heteroatoms. The molecule has 28 heavy (non-hydrogen) atoms. The van der Waals surface area contributed by atoms with Gasteiger partial charge in [0.05, 0.1) is 17.0 Å². The Balaban J connectivity index is 1.70. The van der Waals surface area contributed by atoms with Gasteiger partial charge in [-0.2, -0.15) is 5.10 Å². The SMILES string of the molecule is Cc1cccc(Cl)c1C(=O)c1nn(C2CCC(C(=O)O)CC2)c2c1CCCC2. The fraction of sp³-hybridized carbons (Fsp3) is 0.500. The third-order valence-corrected chi connectivity index (χ3v) is 6.58. The topological polar surface area (TPSA) is 72.2 Å². The van der Waals surface area contributed by atoms with Gasteiger partial charge in [0.1, 0.15) is 5.69 Å². The van der Waals surface area contributed by atoms with Crippen LogP contribution in [0.25, 0.3) is 0 Å². The zero-order chi connectivity index (χ0) is 19.8. The van der Waals surface area contributed by atoms with Crippen molar-refractivity contribution >= 4 is 23.4 Å². The Morgan fingerprint density at radius 3 is 2.54 bits per heavy atom. The Hall–Kier alpha value is -2.14. The number of ketones is 1. The minimum atomic E-state index is -0.703. The lowest BCUT2D eigenvalue weighted by Crippen LogP contribution is -2.25. The molecule has 0 radical (unpaired) electrons. The van der Waals surface area contributed by atoms with Crippen LogP contribution in [0.4, 0.5) is 0 Å². The molecule has 1 N–H and O–H groups in total. The maximum Gasteiger partial charge on any atom is 0.306 e. The maximum absolute atomic E-state index is 13.4. The van der Waals surface area contributed by atoms with Gasteiger partial charge in [0.25, 0.3) is 0 Å². The summed E-state index contributed by atoms with van der Waals surface area (Å²) in [7, 11) is 0. The van der Waals surface area contributed by atoms with Gasteiger partial charge in [-0.05, 0) is 69.9 Å². The van der Waals surface area contributed by atoms with E-state index in [4.69, 9.17) is 16.7 Å². The van der Waals surface area contributed by atoms with Crippen molar-refractivity contribution in [3.63, 3.8) is 0 Å². The third kappa shape index (κ3) is 3.37. The van der Waals surface area contributed by atoms with E-state index in [1.807, 2.05) is 23.7 Å². The van der Waals surface area contributed by atoms with Gasteiger partial charge in [0, 0.05) is 16.8 Å². The molecule has 1 saturated carbocycles. The molecule has 1 aromatic carbocycles. The van der Waals surface area contributed by atoms with Gasteiger partial charge in [0.2, 0.25) is 5.78 Å². The number of carboxylic acid groups (broad SMARTS) is 1. The summed E-state index contributed by atoms with van der Waals surface area (Å²) in [5.41, 5.74) is 4.16. The number of aryl methyl sites for hydroxylation is 1. The van der Waals surface area contributed by atoms with Crippen molar-refractivity contribution in [2.45, 2.75) is 64.3 Å². The first-order valence-electron chi connectivity index (χ1n) is 10.1. The predicted molar refractivity (Wildman–Crippen MR) is 107 cm³/mol. The summed E-state index contributed by atoms with van der Waals surface area (Å²) in [6, 6.07) is 5.67. The van der Waals surface area contributed by atoms with Gasteiger partial charge in [-0.3, -0.25) is 14.3 Å². The molecule has 1 heterocycles. The van der Waals surface area contributed by atoms with Crippen LogP contribution in [-0.4, -0.2) is 26.6 Å². The number of aliphatic carboxylic acids is 1. The normalized spacial score (nSPS) is 21.9. The molecular weight excluding hydrogens is 376 g/mol. The van der Waals surface area contributed by atoms with Crippen LogP contribution in [0, 0.1) is 12.8 Å². The molecule has 0 bridgehead atoms. The number of benzene rings is 1. The highest BCUT2D eigenvalue weighted by Gasteiger charge is 2.33. The van der Waals surface area contributed by atoms with E-state index in [2.05, 4.69) is 0 Å². The van der Waals surface area contributed by atoms with Crippen LogP contribution >= 0.6 is 11.6 Å². The fourth-order valence-corrected chi connectivity index (χ4v) is 5.02. The zero-order valence-corrected chi connectivity index (χ0v) is 16.8. The summed E-state index contributed by atoms with van der Waals surface area (Å²) in [6.07, 6.45) is 6.88. The van der Waals surface area contributed by atoms with Gasteiger partial charge >= 0.3 is 5.97 Å². The summed E-state index contributed by atoms with van der Waals surface area (Å²) < 4.78 is 2.05. The smallest absolute Gasteiger partial charge is 0.306 e. The molecule has 2 aromatic rings. The Labute approximate surface area is 169 Å². The Morgan fingerprint density at radius 2 is 1.86 bits per heavy atom. The summed E-state index contributed by atoms with van der Waals surface area (Å²) in [5.74, 6) is -1.06. The standard InChI is InChI=1S/C22H25ClN2O3/c1-13-5-4-7-17(23)19(13)21(26)20-16-6-2-3-8-18(16)25(24-20)15-11-9-14(10-12-15)22(27)28/h4-5,7,14-15H,2-3,6,8-12H2,1H3,(H,27,28). The molecule has 148 valence electrons. The molecule has 0 atom stereocenters. The first-order chi connectivity index (χ1) is 13.5. The number of aromatic nitrogens is 2. The molecule has 0 aliphatic heterocycles. The number of carboxylic acids is 1. The maximum atomic E-state index is 13.4. The van der Waals surface area contributed by atoms with Crippen molar-refractivity contribution in [1.82, 2.24) is 9.78 Å². The molecule has 0 spiro atoms. The number of rotatable bonds is 4. The Bertz CT molecular complexity index is 906. The first kappa shape index (κ1) is 19.2. The van der Waals surface area contributed by atoms with Crippen LogP contribution in [0.3, 0.4) is 0 Å². The van der Waals surface area contributed by atoms with Crippen molar-refractivity contribution in [2.24, 2.45) is 5.92 Å². The first-order valence-corrected chi connectivity index (χ1v) is 10.5. The van der Waals surface area contributed by atoms with Crippen molar-refractivity contribution < 1.29 is 14.7 Å². The monoisotopic (exact) mass is 400 g/mol. The predicted octanol–water partition coefficient (Wildman–Crippen LogP) is 4.77. The van der Waals surface area contributed by atoms with E-state index >= 15 is 0 Å². The number of hydrogen-bond donors (Lipinski definition) is 1. The highest BCUT2D eigenvalue weighted by atomic mass is 35.5. The molecule has 2 aliphatic rings. The second-order valence-electron chi connectivity index (χ2n) is 8.03. The molecule has 0 amide bonds. The van der Waals surface area contributed by atoms with Gasteiger partial charge in [-0.15, -0.1) is 0 Å². The van der Waals surface area contributed by atoms with E-state index < -0.39 is 5.97 Å². The second-order valence-corrected chi connectivity index (χ2v) is 8.44. The van der Waals surface area contributed by atoms with E-state index in [1.54, 1.807) is 6.07 Å². The molecule has 2 aliphatic carbocycles. The number of nitrogens with zero attached hydrogens (tertiary/aromatic N) is 2.